The molecule has 196 valence electrons. The molecule has 2 fully saturated rings. The Labute approximate surface area is 230 Å². The van der Waals surface area contributed by atoms with Gasteiger partial charge in [-0.25, -0.2) is 0 Å². The van der Waals surface area contributed by atoms with Crippen LogP contribution in [0.25, 0.3) is 0 Å². The molecule has 0 radical (unpaired) electrons. The zero-order chi connectivity index (χ0) is 26.8. The minimum Gasteiger partial charge on any atom is -0.368 e. The Hall–Kier alpha value is -4.33. The normalized spacial score (nSPS) is 19.3. The summed E-state index contributed by atoms with van der Waals surface area (Å²) in [4.78, 5) is 22.7. The smallest absolute Gasteiger partial charge is 0.254 e. The van der Waals surface area contributed by atoms with Crippen LogP contribution < -0.4 is 9.80 Å². The lowest BCUT2D eigenvalue weighted by Gasteiger charge is -2.39. The SMILES string of the molecule is N#Cc1ccccc1N1CCN(C(=O)c2cccc3c2CCC3N2CCN(c3ccccc3C#N)CC2)CC1. The van der Waals surface area contributed by atoms with Gasteiger partial charge in [-0.2, -0.15) is 10.5 Å². The summed E-state index contributed by atoms with van der Waals surface area (Å²) in [6.07, 6.45) is 1.96. The van der Waals surface area contributed by atoms with Crippen LogP contribution in [0.5, 0.6) is 0 Å². The molecule has 0 bridgehead atoms. The van der Waals surface area contributed by atoms with Crippen molar-refractivity contribution >= 4 is 17.3 Å². The first-order valence-corrected chi connectivity index (χ1v) is 13.8. The van der Waals surface area contributed by atoms with Gasteiger partial charge in [0.2, 0.25) is 0 Å². The number of amides is 1. The number of nitriles is 2. The van der Waals surface area contributed by atoms with E-state index < -0.39 is 0 Å². The number of para-hydroxylation sites is 2. The van der Waals surface area contributed by atoms with Gasteiger partial charge in [0, 0.05) is 64.0 Å². The Morgan fingerprint density at radius 3 is 1.85 bits per heavy atom. The Balaban J connectivity index is 1.12. The van der Waals surface area contributed by atoms with Crippen LogP contribution >= 0.6 is 0 Å². The number of hydrogen-bond donors (Lipinski definition) is 0. The number of piperazine rings is 2. The largest absolute Gasteiger partial charge is 0.368 e. The number of rotatable bonds is 4. The van der Waals surface area contributed by atoms with Crippen LogP contribution in [0, 0.1) is 22.7 Å². The molecule has 7 heteroatoms. The highest BCUT2D eigenvalue weighted by Crippen LogP contribution is 2.39. The lowest BCUT2D eigenvalue weighted by Crippen LogP contribution is -2.49. The van der Waals surface area contributed by atoms with E-state index in [0.717, 1.165) is 74.6 Å². The van der Waals surface area contributed by atoms with E-state index in [0.29, 0.717) is 24.7 Å². The van der Waals surface area contributed by atoms with E-state index in [9.17, 15) is 15.3 Å². The quantitative estimate of drug-likeness (QED) is 0.517. The summed E-state index contributed by atoms with van der Waals surface area (Å²) in [7, 11) is 0. The summed E-state index contributed by atoms with van der Waals surface area (Å²) in [5.74, 6) is 0.124. The second kappa shape index (κ2) is 10.8. The number of nitrogens with zero attached hydrogens (tertiary/aromatic N) is 6. The van der Waals surface area contributed by atoms with Crippen LogP contribution in [0.3, 0.4) is 0 Å². The first-order valence-electron chi connectivity index (χ1n) is 13.8. The van der Waals surface area contributed by atoms with Gasteiger partial charge in [-0.1, -0.05) is 36.4 Å². The molecular weight excluding hydrogens is 484 g/mol. The van der Waals surface area contributed by atoms with Gasteiger partial charge >= 0.3 is 0 Å². The predicted octanol–water partition coefficient (Wildman–Crippen LogP) is 4.20. The van der Waals surface area contributed by atoms with Gasteiger partial charge in [0.1, 0.15) is 12.1 Å². The van der Waals surface area contributed by atoms with Crippen LogP contribution in [0.1, 0.15) is 45.1 Å². The minimum atomic E-state index is 0.124. The monoisotopic (exact) mass is 516 g/mol. The Kier molecular flexibility index (Phi) is 6.92. The van der Waals surface area contributed by atoms with Gasteiger partial charge in [-0.05, 0) is 54.3 Å². The van der Waals surface area contributed by atoms with E-state index in [-0.39, 0.29) is 5.91 Å². The average Bonchev–Trinajstić information content (AvgIpc) is 3.45. The molecule has 1 aliphatic carbocycles. The van der Waals surface area contributed by atoms with Crippen molar-refractivity contribution in [1.82, 2.24) is 9.80 Å². The van der Waals surface area contributed by atoms with Gasteiger partial charge in [0.15, 0.2) is 0 Å². The molecule has 2 saturated heterocycles. The molecule has 6 rings (SSSR count). The Bertz CT molecular complexity index is 1450. The van der Waals surface area contributed by atoms with E-state index in [1.807, 2.05) is 65.6 Å². The van der Waals surface area contributed by atoms with Gasteiger partial charge in [-0.3, -0.25) is 9.69 Å². The van der Waals surface area contributed by atoms with Crippen molar-refractivity contribution in [2.24, 2.45) is 0 Å². The molecule has 39 heavy (non-hydrogen) atoms. The van der Waals surface area contributed by atoms with E-state index in [4.69, 9.17) is 0 Å². The third kappa shape index (κ3) is 4.71. The first kappa shape index (κ1) is 25.0. The van der Waals surface area contributed by atoms with Gasteiger partial charge in [0.05, 0.1) is 22.5 Å². The highest BCUT2D eigenvalue weighted by Gasteiger charge is 2.34. The number of anilines is 2. The Morgan fingerprint density at radius 2 is 1.26 bits per heavy atom. The maximum Gasteiger partial charge on any atom is 0.254 e. The topological polar surface area (TPSA) is 77.6 Å². The Morgan fingerprint density at radius 1 is 0.692 bits per heavy atom. The van der Waals surface area contributed by atoms with Crippen molar-refractivity contribution in [1.29, 1.82) is 10.5 Å². The maximum absolute atomic E-state index is 13.7. The molecule has 1 unspecified atom stereocenters. The van der Waals surface area contributed by atoms with Crippen molar-refractivity contribution < 1.29 is 4.79 Å². The number of carbonyl (C=O) groups excluding carboxylic acids is 1. The molecule has 2 aliphatic heterocycles. The van der Waals surface area contributed by atoms with Crippen LogP contribution in [0.4, 0.5) is 11.4 Å². The second-order valence-corrected chi connectivity index (χ2v) is 10.5. The molecule has 1 amide bonds. The van der Waals surface area contributed by atoms with Gasteiger partial charge in [0.25, 0.3) is 5.91 Å². The second-order valence-electron chi connectivity index (χ2n) is 10.5. The summed E-state index contributed by atoms with van der Waals surface area (Å²) < 4.78 is 0. The van der Waals surface area contributed by atoms with Crippen molar-refractivity contribution in [3.63, 3.8) is 0 Å². The zero-order valence-electron chi connectivity index (χ0n) is 22.1. The molecular formula is C32H32N6O. The van der Waals surface area contributed by atoms with Crippen LogP contribution in [0.15, 0.2) is 66.7 Å². The fourth-order valence-corrected chi connectivity index (χ4v) is 6.50. The molecule has 2 heterocycles. The lowest BCUT2D eigenvalue weighted by molar-refractivity contribution is 0.0745. The summed E-state index contributed by atoms with van der Waals surface area (Å²) in [5.41, 5.74) is 6.75. The highest BCUT2D eigenvalue weighted by molar-refractivity contribution is 5.96. The van der Waals surface area contributed by atoms with Crippen LogP contribution in [-0.2, 0) is 6.42 Å². The molecule has 3 aliphatic rings. The molecule has 1 atom stereocenters. The third-order valence-electron chi connectivity index (χ3n) is 8.52. The molecule has 7 nitrogen and oxygen atoms in total. The minimum absolute atomic E-state index is 0.124. The third-order valence-corrected chi connectivity index (χ3v) is 8.52. The zero-order valence-corrected chi connectivity index (χ0v) is 22.1. The van der Waals surface area contributed by atoms with Crippen LogP contribution in [0.2, 0.25) is 0 Å². The number of benzene rings is 3. The summed E-state index contributed by atoms with van der Waals surface area (Å²) in [6.45, 7) is 6.41. The molecule has 3 aromatic carbocycles. The molecule has 0 spiro atoms. The molecule has 3 aromatic rings. The predicted molar refractivity (Wildman–Crippen MR) is 152 cm³/mol. The van der Waals surface area contributed by atoms with Crippen molar-refractivity contribution in [3.8, 4) is 12.1 Å². The first-order chi connectivity index (χ1) is 19.2. The summed E-state index contributed by atoms with van der Waals surface area (Å²) in [6, 6.07) is 26.7. The standard InChI is InChI=1S/C32H32N6O/c33-22-24-6-1-3-10-29(24)35-14-16-37(17-15-35)31-13-12-26-27(31)8-5-9-28(26)32(39)38-20-18-36(19-21-38)30-11-4-2-7-25(30)23-34/h1-11,31H,12-21H2. The van der Waals surface area contributed by atoms with Gasteiger partial charge in [-0.15, -0.1) is 0 Å². The molecule has 0 saturated carbocycles. The summed E-state index contributed by atoms with van der Waals surface area (Å²) in [5, 5.41) is 19.0. The maximum atomic E-state index is 13.7. The van der Waals surface area contributed by atoms with Gasteiger partial charge < -0.3 is 14.7 Å². The fourth-order valence-electron chi connectivity index (χ4n) is 6.50. The average molecular weight is 517 g/mol. The molecule has 0 N–H and O–H groups in total. The number of fused-ring (bicyclic) bond motifs is 1. The fraction of sp³-hybridized carbons (Fsp3) is 0.344. The van der Waals surface area contributed by atoms with E-state index in [2.05, 4.69) is 32.9 Å². The number of hydrogen-bond acceptors (Lipinski definition) is 6. The summed E-state index contributed by atoms with van der Waals surface area (Å²) >= 11 is 0. The van der Waals surface area contributed by atoms with E-state index in [1.165, 1.54) is 11.1 Å². The van der Waals surface area contributed by atoms with Crippen LogP contribution in [-0.4, -0.2) is 68.1 Å². The van der Waals surface area contributed by atoms with Crippen molar-refractivity contribution in [3.05, 3.63) is 94.5 Å². The van der Waals surface area contributed by atoms with E-state index >= 15 is 0 Å². The van der Waals surface area contributed by atoms with Crippen molar-refractivity contribution in [2.75, 3.05) is 62.2 Å². The van der Waals surface area contributed by atoms with E-state index in [1.54, 1.807) is 0 Å². The highest BCUT2D eigenvalue weighted by atomic mass is 16.2. The van der Waals surface area contributed by atoms with Crippen molar-refractivity contribution in [2.45, 2.75) is 18.9 Å². The molecule has 0 aromatic heterocycles. The lowest BCUT2D eigenvalue weighted by atomic mass is 10.00. The number of carbonyl (C=O) groups is 1.